The number of pyridine rings is 1. The van der Waals surface area contributed by atoms with Crippen LogP contribution in [0.5, 0.6) is 0 Å². The zero-order valence-corrected chi connectivity index (χ0v) is 9.56. The molecule has 0 fully saturated rings. The Labute approximate surface area is 96.5 Å². The first-order valence-corrected chi connectivity index (χ1v) is 5.91. The van der Waals surface area contributed by atoms with E-state index in [1.807, 2.05) is 24.4 Å². The smallest absolute Gasteiger partial charge is 0.303 e. The number of hydrogen-bond acceptors (Lipinski definition) is 2. The molecule has 0 radical (unpaired) electrons. The van der Waals surface area contributed by atoms with Crippen LogP contribution >= 0.6 is 0 Å². The second-order valence-corrected chi connectivity index (χ2v) is 3.98. The van der Waals surface area contributed by atoms with Gasteiger partial charge in [-0.15, -0.1) is 0 Å². The van der Waals surface area contributed by atoms with Gasteiger partial charge in [-0.25, -0.2) is 0 Å². The molecule has 0 atom stereocenters. The van der Waals surface area contributed by atoms with Gasteiger partial charge in [0.1, 0.15) is 0 Å². The van der Waals surface area contributed by atoms with Crippen LogP contribution in [-0.4, -0.2) is 16.1 Å². The number of hydrogen-bond donors (Lipinski definition) is 1. The third-order valence-electron chi connectivity index (χ3n) is 2.55. The monoisotopic (exact) mass is 221 g/mol. The van der Waals surface area contributed by atoms with E-state index in [2.05, 4.69) is 4.98 Å². The summed E-state index contributed by atoms with van der Waals surface area (Å²) >= 11 is 0. The standard InChI is InChI=1S/C13H19NO2/c15-13(16)10-5-3-1-2-4-8-12-9-6-7-11-14-12/h6-7,9,11H,1-5,8,10H2,(H,15,16). The first-order valence-electron chi connectivity index (χ1n) is 5.91. The minimum absolute atomic E-state index is 0.306. The van der Waals surface area contributed by atoms with Crippen LogP contribution in [0, 0.1) is 0 Å². The van der Waals surface area contributed by atoms with E-state index >= 15 is 0 Å². The molecule has 0 aliphatic rings. The van der Waals surface area contributed by atoms with Crippen LogP contribution in [0.3, 0.4) is 0 Å². The molecular formula is C13H19NO2. The highest BCUT2D eigenvalue weighted by Gasteiger charge is 1.97. The lowest BCUT2D eigenvalue weighted by Crippen LogP contribution is -1.94. The second kappa shape index (κ2) is 7.85. The Morgan fingerprint density at radius 1 is 1.12 bits per heavy atom. The van der Waals surface area contributed by atoms with Gasteiger partial charge in [-0.3, -0.25) is 9.78 Å². The zero-order chi connectivity index (χ0) is 11.6. The number of unbranched alkanes of at least 4 members (excludes halogenated alkanes) is 4. The fraction of sp³-hybridized carbons (Fsp3) is 0.538. The van der Waals surface area contributed by atoms with Crippen LogP contribution in [0.1, 0.15) is 44.2 Å². The summed E-state index contributed by atoms with van der Waals surface area (Å²) in [6.45, 7) is 0. The van der Waals surface area contributed by atoms with Crippen molar-refractivity contribution in [2.75, 3.05) is 0 Å². The third kappa shape index (κ3) is 6.17. The van der Waals surface area contributed by atoms with Gasteiger partial charge >= 0.3 is 5.97 Å². The van der Waals surface area contributed by atoms with Crippen molar-refractivity contribution < 1.29 is 9.90 Å². The maximum absolute atomic E-state index is 10.3. The number of carbonyl (C=O) groups is 1. The molecule has 1 heterocycles. The molecule has 3 nitrogen and oxygen atoms in total. The van der Waals surface area contributed by atoms with Crippen LogP contribution < -0.4 is 0 Å². The van der Waals surface area contributed by atoms with Crippen LogP contribution in [0.15, 0.2) is 24.4 Å². The van der Waals surface area contributed by atoms with Crippen molar-refractivity contribution in [1.82, 2.24) is 4.98 Å². The lowest BCUT2D eigenvalue weighted by molar-refractivity contribution is -0.137. The number of aromatic nitrogens is 1. The molecule has 0 unspecified atom stereocenters. The van der Waals surface area contributed by atoms with Crippen LogP contribution in [0.2, 0.25) is 0 Å². The summed E-state index contributed by atoms with van der Waals surface area (Å²) in [6, 6.07) is 5.98. The predicted molar refractivity (Wildman–Crippen MR) is 63.3 cm³/mol. The summed E-state index contributed by atoms with van der Waals surface area (Å²) < 4.78 is 0. The largest absolute Gasteiger partial charge is 0.481 e. The molecule has 1 aromatic heterocycles. The lowest BCUT2D eigenvalue weighted by atomic mass is 10.1. The van der Waals surface area contributed by atoms with Crippen molar-refractivity contribution in [3.8, 4) is 0 Å². The molecule has 0 aromatic carbocycles. The number of rotatable bonds is 8. The normalized spacial score (nSPS) is 10.2. The van der Waals surface area contributed by atoms with Gasteiger partial charge in [-0.05, 0) is 31.4 Å². The Morgan fingerprint density at radius 2 is 1.88 bits per heavy atom. The van der Waals surface area contributed by atoms with Gasteiger partial charge in [0.15, 0.2) is 0 Å². The average Bonchev–Trinajstić information content (AvgIpc) is 2.29. The minimum atomic E-state index is -0.687. The lowest BCUT2D eigenvalue weighted by Gasteiger charge is -2.00. The second-order valence-electron chi connectivity index (χ2n) is 3.98. The van der Waals surface area contributed by atoms with Crippen molar-refractivity contribution in [2.24, 2.45) is 0 Å². The Kier molecular flexibility index (Phi) is 6.23. The summed E-state index contributed by atoms with van der Waals surface area (Å²) in [4.78, 5) is 14.5. The molecule has 1 N–H and O–H groups in total. The number of nitrogens with zero attached hydrogens (tertiary/aromatic N) is 1. The maximum atomic E-state index is 10.3. The molecule has 88 valence electrons. The molecule has 16 heavy (non-hydrogen) atoms. The zero-order valence-electron chi connectivity index (χ0n) is 9.56. The SMILES string of the molecule is O=C(O)CCCCCCCc1ccccn1. The van der Waals surface area contributed by atoms with E-state index in [0.717, 1.165) is 44.2 Å². The fourth-order valence-electron chi connectivity index (χ4n) is 1.66. The Hall–Kier alpha value is -1.38. The van der Waals surface area contributed by atoms with Crippen LogP contribution in [0.4, 0.5) is 0 Å². The van der Waals surface area contributed by atoms with E-state index < -0.39 is 5.97 Å². The summed E-state index contributed by atoms with van der Waals surface area (Å²) in [5.74, 6) is -0.687. The summed E-state index contributed by atoms with van der Waals surface area (Å²) in [5, 5.41) is 8.46. The molecule has 1 rings (SSSR count). The van der Waals surface area contributed by atoms with Crippen molar-refractivity contribution in [3.05, 3.63) is 30.1 Å². The van der Waals surface area contributed by atoms with Crippen molar-refractivity contribution >= 4 is 5.97 Å². The molecule has 0 amide bonds. The minimum Gasteiger partial charge on any atom is -0.481 e. The van der Waals surface area contributed by atoms with Crippen LogP contribution in [0.25, 0.3) is 0 Å². The highest BCUT2D eigenvalue weighted by atomic mass is 16.4. The highest BCUT2D eigenvalue weighted by molar-refractivity contribution is 5.66. The highest BCUT2D eigenvalue weighted by Crippen LogP contribution is 2.08. The molecule has 0 saturated carbocycles. The molecule has 1 aromatic rings. The first kappa shape index (κ1) is 12.7. The number of aryl methyl sites for hydroxylation is 1. The maximum Gasteiger partial charge on any atom is 0.303 e. The third-order valence-corrected chi connectivity index (χ3v) is 2.55. The van der Waals surface area contributed by atoms with E-state index in [-0.39, 0.29) is 0 Å². The molecule has 3 heteroatoms. The van der Waals surface area contributed by atoms with Crippen LogP contribution in [-0.2, 0) is 11.2 Å². The van der Waals surface area contributed by atoms with Gasteiger partial charge in [0.05, 0.1) is 0 Å². The molecule has 0 spiro atoms. The van der Waals surface area contributed by atoms with E-state index in [4.69, 9.17) is 5.11 Å². The van der Waals surface area contributed by atoms with Gasteiger partial charge in [0.25, 0.3) is 0 Å². The average molecular weight is 221 g/mol. The quantitative estimate of drug-likeness (QED) is 0.686. The van der Waals surface area contributed by atoms with Gasteiger partial charge in [0.2, 0.25) is 0 Å². The summed E-state index contributed by atoms with van der Waals surface area (Å²) in [6.07, 6.45) is 8.41. The van der Waals surface area contributed by atoms with Crippen molar-refractivity contribution in [2.45, 2.75) is 44.9 Å². The Balaban J connectivity index is 1.94. The Bertz CT molecular complexity index is 298. The van der Waals surface area contributed by atoms with Gasteiger partial charge in [-0.1, -0.05) is 25.3 Å². The van der Waals surface area contributed by atoms with E-state index in [1.165, 1.54) is 0 Å². The first-order chi connectivity index (χ1) is 7.79. The number of aliphatic carboxylic acids is 1. The van der Waals surface area contributed by atoms with E-state index in [1.54, 1.807) is 0 Å². The molecule has 0 aliphatic carbocycles. The topological polar surface area (TPSA) is 50.2 Å². The fourth-order valence-corrected chi connectivity index (χ4v) is 1.66. The molecule has 0 bridgehead atoms. The predicted octanol–water partition coefficient (Wildman–Crippen LogP) is 3.05. The number of carboxylic acids is 1. The molecule has 0 saturated heterocycles. The van der Waals surface area contributed by atoms with Crippen molar-refractivity contribution in [1.29, 1.82) is 0 Å². The van der Waals surface area contributed by atoms with Gasteiger partial charge < -0.3 is 5.11 Å². The summed E-state index contributed by atoms with van der Waals surface area (Å²) in [7, 11) is 0. The summed E-state index contributed by atoms with van der Waals surface area (Å²) in [5.41, 5.74) is 1.15. The number of carboxylic acid groups (broad SMARTS) is 1. The molecule has 0 aliphatic heterocycles. The molecular weight excluding hydrogens is 202 g/mol. The van der Waals surface area contributed by atoms with E-state index in [0.29, 0.717) is 6.42 Å². The Morgan fingerprint density at radius 3 is 2.56 bits per heavy atom. The van der Waals surface area contributed by atoms with Gasteiger partial charge in [0, 0.05) is 18.3 Å². The van der Waals surface area contributed by atoms with Gasteiger partial charge in [-0.2, -0.15) is 0 Å². The van der Waals surface area contributed by atoms with E-state index in [9.17, 15) is 4.79 Å². The van der Waals surface area contributed by atoms with Crippen molar-refractivity contribution in [3.63, 3.8) is 0 Å².